The molecule has 13 heavy (non-hydrogen) atoms. The predicted octanol–water partition coefficient (Wildman–Crippen LogP) is 2.13. The molecule has 0 saturated heterocycles. The first-order chi connectivity index (χ1) is 6.24. The van der Waals surface area contributed by atoms with E-state index in [9.17, 15) is 0 Å². The maximum Gasteiger partial charge on any atom is 0.132 e. The molecule has 0 aromatic heterocycles. The van der Waals surface area contributed by atoms with Gasteiger partial charge < -0.3 is 10.5 Å². The summed E-state index contributed by atoms with van der Waals surface area (Å²) in [6, 6.07) is 8.20. The van der Waals surface area contributed by atoms with Gasteiger partial charge in [0.15, 0.2) is 0 Å². The fourth-order valence-electron chi connectivity index (χ4n) is 0.959. The minimum Gasteiger partial charge on any atom is -0.496 e. The van der Waals surface area contributed by atoms with Gasteiger partial charge in [0.05, 0.1) is 7.11 Å². The minimum absolute atomic E-state index is 0.218. The molecule has 72 valence electrons. The third kappa shape index (κ3) is 3.28. The fourth-order valence-corrected chi connectivity index (χ4v) is 1.87. The highest BCUT2D eigenvalue weighted by Crippen LogP contribution is 2.28. The van der Waals surface area contributed by atoms with Gasteiger partial charge in [0.1, 0.15) is 5.75 Å². The van der Waals surface area contributed by atoms with Gasteiger partial charge in [-0.3, -0.25) is 0 Å². The molecule has 0 aliphatic heterocycles. The van der Waals surface area contributed by atoms with E-state index in [1.807, 2.05) is 31.2 Å². The van der Waals surface area contributed by atoms with Crippen LogP contribution >= 0.6 is 11.8 Å². The van der Waals surface area contributed by atoms with Crippen LogP contribution in [-0.4, -0.2) is 18.9 Å². The van der Waals surface area contributed by atoms with Crippen LogP contribution in [0.3, 0.4) is 0 Å². The molecule has 0 bridgehead atoms. The molecule has 0 fully saturated rings. The van der Waals surface area contributed by atoms with Gasteiger partial charge in [0.25, 0.3) is 0 Å². The smallest absolute Gasteiger partial charge is 0.132 e. The van der Waals surface area contributed by atoms with Crippen LogP contribution < -0.4 is 10.5 Å². The second-order valence-electron chi connectivity index (χ2n) is 2.94. The summed E-state index contributed by atoms with van der Waals surface area (Å²) in [6.45, 7) is 2.00. The zero-order valence-electron chi connectivity index (χ0n) is 7.99. The van der Waals surface area contributed by atoms with Gasteiger partial charge in [-0.05, 0) is 19.1 Å². The SMILES string of the molecule is COc1ccccc1SCC(C)N. The van der Waals surface area contributed by atoms with E-state index in [0.29, 0.717) is 0 Å². The molecule has 0 radical (unpaired) electrons. The molecule has 0 heterocycles. The maximum atomic E-state index is 5.67. The molecule has 3 heteroatoms. The summed E-state index contributed by atoms with van der Waals surface area (Å²) in [5.41, 5.74) is 5.67. The normalized spacial score (nSPS) is 12.5. The van der Waals surface area contributed by atoms with Crippen molar-refractivity contribution in [1.82, 2.24) is 0 Å². The van der Waals surface area contributed by atoms with E-state index < -0.39 is 0 Å². The van der Waals surface area contributed by atoms with Gasteiger partial charge in [-0.1, -0.05) is 12.1 Å². The Morgan fingerprint density at radius 2 is 2.15 bits per heavy atom. The lowest BCUT2D eigenvalue weighted by Crippen LogP contribution is -2.17. The lowest BCUT2D eigenvalue weighted by Gasteiger charge is -2.08. The van der Waals surface area contributed by atoms with Gasteiger partial charge in [-0.2, -0.15) is 0 Å². The number of methoxy groups -OCH3 is 1. The Hall–Kier alpha value is -0.670. The van der Waals surface area contributed by atoms with Crippen LogP contribution in [0.4, 0.5) is 0 Å². The van der Waals surface area contributed by atoms with Crippen molar-refractivity contribution in [2.45, 2.75) is 17.9 Å². The zero-order chi connectivity index (χ0) is 9.68. The van der Waals surface area contributed by atoms with Crippen LogP contribution in [0.25, 0.3) is 0 Å². The van der Waals surface area contributed by atoms with E-state index >= 15 is 0 Å². The number of para-hydroxylation sites is 1. The van der Waals surface area contributed by atoms with Gasteiger partial charge >= 0.3 is 0 Å². The summed E-state index contributed by atoms with van der Waals surface area (Å²) < 4.78 is 5.22. The van der Waals surface area contributed by atoms with E-state index in [0.717, 1.165) is 16.4 Å². The molecule has 0 amide bonds. The van der Waals surface area contributed by atoms with Gasteiger partial charge in [0, 0.05) is 16.7 Å². The molecule has 1 rings (SSSR count). The first-order valence-corrected chi connectivity index (χ1v) is 5.24. The number of thioether (sulfide) groups is 1. The number of nitrogens with two attached hydrogens (primary N) is 1. The van der Waals surface area contributed by atoms with Crippen LogP contribution in [0.5, 0.6) is 5.75 Å². The first-order valence-electron chi connectivity index (χ1n) is 4.25. The van der Waals surface area contributed by atoms with Crippen molar-refractivity contribution in [1.29, 1.82) is 0 Å². The van der Waals surface area contributed by atoms with Crippen molar-refractivity contribution in [2.24, 2.45) is 5.73 Å². The van der Waals surface area contributed by atoms with E-state index in [1.165, 1.54) is 0 Å². The van der Waals surface area contributed by atoms with Crippen molar-refractivity contribution < 1.29 is 4.74 Å². The number of hydrogen-bond acceptors (Lipinski definition) is 3. The third-order valence-corrected chi connectivity index (χ3v) is 2.91. The summed E-state index contributed by atoms with van der Waals surface area (Å²) in [4.78, 5) is 1.15. The molecule has 1 unspecified atom stereocenters. The molecular formula is C10H15NOS. The molecule has 1 aromatic rings. The standard InChI is InChI=1S/C10H15NOS/c1-8(11)7-13-10-6-4-3-5-9(10)12-2/h3-6,8H,7,11H2,1-2H3. The molecular weight excluding hydrogens is 182 g/mol. The monoisotopic (exact) mass is 197 g/mol. The summed E-state index contributed by atoms with van der Waals surface area (Å²) in [6.07, 6.45) is 0. The molecule has 2 nitrogen and oxygen atoms in total. The van der Waals surface area contributed by atoms with Gasteiger partial charge in [-0.15, -0.1) is 11.8 Å². The van der Waals surface area contributed by atoms with Crippen molar-refractivity contribution in [3.8, 4) is 5.75 Å². The van der Waals surface area contributed by atoms with E-state index in [-0.39, 0.29) is 6.04 Å². The number of hydrogen-bond donors (Lipinski definition) is 1. The second-order valence-corrected chi connectivity index (χ2v) is 4.00. The molecule has 1 aromatic carbocycles. The average Bonchev–Trinajstić information content (AvgIpc) is 2.15. The molecule has 1 atom stereocenters. The highest BCUT2D eigenvalue weighted by molar-refractivity contribution is 7.99. The number of rotatable bonds is 4. The fraction of sp³-hybridized carbons (Fsp3) is 0.400. The highest BCUT2D eigenvalue weighted by atomic mass is 32.2. The molecule has 0 aliphatic rings. The lowest BCUT2D eigenvalue weighted by atomic mass is 10.3. The Morgan fingerprint density at radius 3 is 2.77 bits per heavy atom. The maximum absolute atomic E-state index is 5.67. The Kier molecular flexibility index (Phi) is 4.12. The van der Waals surface area contributed by atoms with Crippen LogP contribution in [-0.2, 0) is 0 Å². The Bertz CT molecular complexity index is 263. The van der Waals surface area contributed by atoms with Gasteiger partial charge in [0.2, 0.25) is 0 Å². The molecule has 0 spiro atoms. The summed E-state index contributed by atoms with van der Waals surface area (Å²) >= 11 is 1.73. The lowest BCUT2D eigenvalue weighted by molar-refractivity contribution is 0.405. The van der Waals surface area contributed by atoms with E-state index in [2.05, 4.69) is 0 Å². The van der Waals surface area contributed by atoms with Crippen LogP contribution in [0.15, 0.2) is 29.2 Å². The molecule has 0 saturated carbocycles. The van der Waals surface area contributed by atoms with Crippen molar-refractivity contribution in [3.63, 3.8) is 0 Å². The topological polar surface area (TPSA) is 35.2 Å². The highest BCUT2D eigenvalue weighted by Gasteiger charge is 2.02. The quantitative estimate of drug-likeness (QED) is 0.751. The summed E-state index contributed by atoms with van der Waals surface area (Å²) in [5.74, 6) is 1.84. The second kappa shape index (κ2) is 5.14. The van der Waals surface area contributed by atoms with Crippen LogP contribution in [0.1, 0.15) is 6.92 Å². The predicted molar refractivity (Wildman–Crippen MR) is 57.4 cm³/mol. The first kappa shape index (κ1) is 10.4. The average molecular weight is 197 g/mol. The number of benzene rings is 1. The van der Waals surface area contributed by atoms with Crippen LogP contribution in [0.2, 0.25) is 0 Å². The Morgan fingerprint density at radius 1 is 1.46 bits per heavy atom. The van der Waals surface area contributed by atoms with Crippen molar-refractivity contribution in [2.75, 3.05) is 12.9 Å². The Balaban J connectivity index is 2.64. The summed E-state index contributed by atoms with van der Waals surface area (Å²) in [5, 5.41) is 0. The van der Waals surface area contributed by atoms with Crippen molar-refractivity contribution in [3.05, 3.63) is 24.3 Å². The van der Waals surface area contributed by atoms with Crippen molar-refractivity contribution >= 4 is 11.8 Å². The molecule has 0 aliphatic carbocycles. The third-order valence-electron chi connectivity index (χ3n) is 1.57. The zero-order valence-corrected chi connectivity index (χ0v) is 8.80. The van der Waals surface area contributed by atoms with Gasteiger partial charge in [-0.25, -0.2) is 0 Å². The summed E-state index contributed by atoms with van der Waals surface area (Å²) in [7, 11) is 1.69. The van der Waals surface area contributed by atoms with Crippen LogP contribution in [0, 0.1) is 0 Å². The largest absolute Gasteiger partial charge is 0.496 e. The van der Waals surface area contributed by atoms with E-state index in [1.54, 1.807) is 18.9 Å². The number of ether oxygens (including phenoxy) is 1. The minimum atomic E-state index is 0.218. The molecule has 2 N–H and O–H groups in total. The Labute approximate surface area is 83.5 Å². The van der Waals surface area contributed by atoms with E-state index in [4.69, 9.17) is 10.5 Å².